The molecule has 4 heteroatoms. The molecule has 0 aliphatic heterocycles. The maximum absolute atomic E-state index is 12.3. The van der Waals surface area contributed by atoms with Crippen molar-refractivity contribution in [3.63, 3.8) is 0 Å². The molecule has 1 aliphatic carbocycles. The lowest BCUT2D eigenvalue weighted by Gasteiger charge is -2.06. The van der Waals surface area contributed by atoms with Crippen LogP contribution in [0.5, 0.6) is 0 Å². The number of halogens is 4. The summed E-state index contributed by atoms with van der Waals surface area (Å²) in [7, 11) is 0. The SMILES string of the molecule is Cc1cc([C@@H]2C[C@H]2C(F)(F)F)ccc1Br. The maximum Gasteiger partial charge on any atom is 0.392 e. The molecule has 0 saturated heterocycles. The van der Waals surface area contributed by atoms with E-state index < -0.39 is 12.1 Å². The summed E-state index contributed by atoms with van der Waals surface area (Å²) in [6.07, 6.45) is -3.80. The normalized spacial score (nSPS) is 25.4. The van der Waals surface area contributed by atoms with E-state index in [1.807, 2.05) is 19.1 Å². The Balaban J connectivity index is 2.17. The largest absolute Gasteiger partial charge is 0.392 e. The molecule has 15 heavy (non-hydrogen) atoms. The summed E-state index contributed by atoms with van der Waals surface area (Å²) < 4.78 is 38.0. The van der Waals surface area contributed by atoms with Crippen molar-refractivity contribution < 1.29 is 13.2 Å². The Morgan fingerprint density at radius 1 is 1.33 bits per heavy atom. The van der Waals surface area contributed by atoms with E-state index >= 15 is 0 Å². The van der Waals surface area contributed by atoms with Gasteiger partial charge in [-0.1, -0.05) is 28.1 Å². The topological polar surface area (TPSA) is 0 Å². The van der Waals surface area contributed by atoms with E-state index in [2.05, 4.69) is 15.9 Å². The lowest BCUT2D eigenvalue weighted by atomic mass is 10.1. The van der Waals surface area contributed by atoms with Gasteiger partial charge in [0, 0.05) is 4.47 Å². The lowest BCUT2D eigenvalue weighted by molar-refractivity contribution is -0.148. The first-order valence-electron chi connectivity index (χ1n) is 4.72. The molecule has 1 saturated carbocycles. The van der Waals surface area contributed by atoms with Crippen molar-refractivity contribution in [3.8, 4) is 0 Å². The molecule has 0 radical (unpaired) electrons. The quantitative estimate of drug-likeness (QED) is 0.713. The van der Waals surface area contributed by atoms with Crippen molar-refractivity contribution in [1.29, 1.82) is 0 Å². The Hall–Kier alpha value is -0.510. The minimum Gasteiger partial charge on any atom is -0.171 e. The first-order valence-corrected chi connectivity index (χ1v) is 5.51. The molecule has 1 aliphatic rings. The van der Waals surface area contributed by atoms with E-state index in [-0.39, 0.29) is 12.3 Å². The summed E-state index contributed by atoms with van der Waals surface area (Å²) in [5.41, 5.74) is 1.79. The molecular formula is C11H10BrF3. The standard InChI is InChI=1S/C11H10BrF3/c1-6-4-7(2-3-10(6)12)8-5-9(8)11(13,14)15/h2-4,8-9H,5H2,1H3/t8-,9+/m0/s1. The number of hydrogen-bond acceptors (Lipinski definition) is 0. The van der Waals surface area contributed by atoms with Crippen LogP contribution in [0.15, 0.2) is 22.7 Å². The predicted molar refractivity (Wildman–Crippen MR) is 55.8 cm³/mol. The van der Waals surface area contributed by atoms with Crippen molar-refractivity contribution in [2.75, 3.05) is 0 Å². The molecule has 2 atom stereocenters. The van der Waals surface area contributed by atoms with Gasteiger partial charge in [-0.3, -0.25) is 0 Å². The highest BCUT2D eigenvalue weighted by molar-refractivity contribution is 9.10. The van der Waals surface area contributed by atoms with E-state index in [1.165, 1.54) is 0 Å². The zero-order valence-corrected chi connectivity index (χ0v) is 9.69. The van der Waals surface area contributed by atoms with Crippen LogP contribution in [-0.4, -0.2) is 6.18 Å². The molecule has 0 amide bonds. The minimum atomic E-state index is -4.04. The zero-order valence-electron chi connectivity index (χ0n) is 8.11. The predicted octanol–water partition coefficient (Wildman–Crippen LogP) is 4.42. The van der Waals surface area contributed by atoms with Crippen LogP contribution in [0.4, 0.5) is 13.2 Å². The highest BCUT2D eigenvalue weighted by Gasteiger charge is 2.56. The second-order valence-electron chi connectivity index (χ2n) is 4.00. The Bertz CT molecular complexity index is 384. The Kier molecular flexibility index (Phi) is 2.57. The van der Waals surface area contributed by atoms with Crippen LogP contribution in [0.2, 0.25) is 0 Å². The van der Waals surface area contributed by atoms with Crippen LogP contribution >= 0.6 is 15.9 Å². The van der Waals surface area contributed by atoms with Gasteiger partial charge in [-0.25, -0.2) is 0 Å². The monoisotopic (exact) mass is 278 g/mol. The molecule has 0 aromatic heterocycles. The van der Waals surface area contributed by atoms with Gasteiger partial charge in [-0.05, 0) is 36.5 Å². The third-order valence-corrected chi connectivity index (χ3v) is 3.71. The maximum atomic E-state index is 12.3. The number of alkyl halides is 3. The van der Waals surface area contributed by atoms with E-state index in [0.717, 1.165) is 15.6 Å². The molecule has 0 bridgehead atoms. The molecule has 1 fully saturated rings. The number of hydrogen-bond donors (Lipinski definition) is 0. The Labute approximate surface area is 94.6 Å². The van der Waals surface area contributed by atoms with Gasteiger partial charge in [0.1, 0.15) is 0 Å². The molecule has 82 valence electrons. The van der Waals surface area contributed by atoms with E-state index in [4.69, 9.17) is 0 Å². The van der Waals surface area contributed by atoms with Gasteiger partial charge >= 0.3 is 6.18 Å². The average Bonchev–Trinajstić information content (AvgIpc) is 2.87. The fourth-order valence-electron chi connectivity index (χ4n) is 1.82. The molecule has 0 unspecified atom stereocenters. The number of benzene rings is 1. The summed E-state index contributed by atoms with van der Waals surface area (Å²) in [5, 5.41) is 0. The highest BCUT2D eigenvalue weighted by Crippen LogP contribution is 2.56. The van der Waals surface area contributed by atoms with Crippen LogP contribution in [0.3, 0.4) is 0 Å². The first-order chi connectivity index (χ1) is 6.89. The van der Waals surface area contributed by atoms with Crippen molar-refractivity contribution in [2.45, 2.75) is 25.4 Å². The van der Waals surface area contributed by atoms with Crippen LogP contribution in [-0.2, 0) is 0 Å². The zero-order chi connectivity index (χ0) is 11.2. The molecule has 0 spiro atoms. The number of aryl methyl sites for hydroxylation is 1. The van der Waals surface area contributed by atoms with Crippen LogP contribution in [0.25, 0.3) is 0 Å². The molecule has 1 aromatic rings. The fourth-order valence-corrected chi connectivity index (χ4v) is 2.07. The van der Waals surface area contributed by atoms with Crippen molar-refractivity contribution in [3.05, 3.63) is 33.8 Å². The van der Waals surface area contributed by atoms with Crippen LogP contribution in [0, 0.1) is 12.8 Å². The second kappa shape index (κ2) is 3.51. The molecule has 1 aromatic carbocycles. The van der Waals surface area contributed by atoms with E-state index in [1.54, 1.807) is 6.07 Å². The average molecular weight is 279 g/mol. The summed E-state index contributed by atoms with van der Waals surface area (Å²) in [4.78, 5) is 0. The summed E-state index contributed by atoms with van der Waals surface area (Å²) >= 11 is 3.33. The highest BCUT2D eigenvalue weighted by atomic mass is 79.9. The molecule has 2 rings (SSSR count). The third-order valence-electron chi connectivity index (χ3n) is 2.82. The number of rotatable bonds is 1. The molecule has 0 heterocycles. The molecule has 0 N–H and O–H groups in total. The smallest absolute Gasteiger partial charge is 0.171 e. The van der Waals surface area contributed by atoms with Crippen molar-refractivity contribution in [2.24, 2.45) is 5.92 Å². The van der Waals surface area contributed by atoms with Crippen LogP contribution in [0.1, 0.15) is 23.5 Å². The van der Waals surface area contributed by atoms with E-state index in [9.17, 15) is 13.2 Å². The lowest BCUT2D eigenvalue weighted by Crippen LogP contribution is -2.11. The molecular weight excluding hydrogens is 269 g/mol. The summed E-state index contributed by atoms with van der Waals surface area (Å²) in [5.74, 6) is -1.45. The van der Waals surface area contributed by atoms with E-state index in [0.29, 0.717) is 0 Å². The second-order valence-corrected chi connectivity index (χ2v) is 4.85. The van der Waals surface area contributed by atoms with Gasteiger partial charge in [0.15, 0.2) is 0 Å². The van der Waals surface area contributed by atoms with Gasteiger partial charge < -0.3 is 0 Å². The Morgan fingerprint density at radius 3 is 2.47 bits per heavy atom. The fraction of sp³-hybridized carbons (Fsp3) is 0.455. The van der Waals surface area contributed by atoms with Gasteiger partial charge in [-0.2, -0.15) is 13.2 Å². The summed E-state index contributed by atoms with van der Waals surface area (Å²) in [6, 6.07) is 5.42. The van der Waals surface area contributed by atoms with Gasteiger partial charge in [-0.15, -0.1) is 0 Å². The third kappa shape index (κ3) is 2.19. The Morgan fingerprint density at radius 2 is 2.00 bits per heavy atom. The molecule has 0 nitrogen and oxygen atoms in total. The van der Waals surface area contributed by atoms with Gasteiger partial charge in [0.05, 0.1) is 5.92 Å². The van der Waals surface area contributed by atoms with Gasteiger partial charge in [0.25, 0.3) is 0 Å². The van der Waals surface area contributed by atoms with Crippen molar-refractivity contribution in [1.82, 2.24) is 0 Å². The van der Waals surface area contributed by atoms with Gasteiger partial charge in [0.2, 0.25) is 0 Å². The minimum absolute atomic E-state index is 0.241. The summed E-state index contributed by atoms with van der Waals surface area (Å²) in [6.45, 7) is 1.89. The van der Waals surface area contributed by atoms with Crippen molar-refractivity contribution >= 4 is 15.9 Å². The van der Waals surface area contributed by atoms with Crippen LogP contribution < -0.4 is 0 Å². The first kappa shape index (κ1) is 11.0.